The van der Waals surface area contributed by atoms with Crippen LogP contribution in [0.3, 0.4) is 0 Å². The first kappa shape index (κ1) is 15.1. The molecule has 1 aliphatic heterocycles. The van der Waals surface area contributed by atoms with Gasteiger partial charge in [-0.1, -0.05) is 6.07 Å². The number of morpholine rings is 1. The molecule has 0 aliphatic carbocycles. The number of carbonyl (C=O) groups is 1. The Morgan fingerprint density at radius 2 is 1.77 bits per heavy atom. The summed E-state index contributed by atoms with van der Waals surface area (Å²) in [6.07, 6.45) is 0.172. The van der Waals surface area contributed by atoms with Crippen LogP contribution in [0.2, 0.25) is 0 Å². The molecular weight excluding hydrogens is 276 g/mol. The van der Waals surface area contributed by atoms with E-state index in [1.54, 1.807) is 0 Å². The van der Waals surface area contributed by atoms with E-state index in [1.165, 1.54) is 16.7 Å². The number of hydrogen-bond acceptors (Lipinski definition) is 2. The van der Waals surface area contributed by atoms with Gasteiger partial charge in [-0.3, -0.25) is 4.79 Å². The van der Waals surface area contributed by atoms with Crippen molar-refractivity contribution >= 4 is 16.8 Å². The molecular formula is C18H24N2O2. The second kappa shape index (κ2) is 5.43. The van der Waals surface area contributed by atoms with Crippen molar-refractivity contribution in [1.29, 1.82) is 0 Å². The van der Waals surface area contributed by atoms with Crippen LogP contribution in [0.4, 0.5) is 0 Å². The normalized spacial score (nSPS) is 22.3. The fraction of sp³-hybridized carbons (Fsp3) is 0.500. The Morgan fingerprint density at radius 1 is 1.14 bits per heavy atom. The minimum atomic E-state index is 0.0645. The predicted molar refractivity (Wildman–Crippen MR) is 88.4 cm³/mol. The molecule has 2 atom stereocenters. The highest BCUT2D eigenvalue weighted by atomic mass is 16.5. The van der Waals surface area contributed by atoms with E-state index in [9.17, 15) is 4.79 Å². The number of nitrogens with zero attached hydrogens (tertiary/aromatic N) is 1. The molecule has 0 saturated carbocycles. The summed E-state index contributed by atoms with van der Waals surface area (Å²) in [7, 11) is 0. The van der Waals surface area contributed by atoms with Gasteiger partial charge in [0, 0.05) is 24.0 Å². The number of nitrogens with one attached hydrogen (secondary N) is 1. The molecule has 0 radical (unpaired) electrons. The van der Waals surface area contributed by atoms with Crippen molar-refractivity contribution in [2.45, 2.75) is 46.8 Å². The minimum absolute atomic E-state index is 0.0645. The van der Waals surface area contributed by atoms with E-state index in [4.69, 9.17) is 4.74 Å². The van der Waals surface area contributed by atoms with Gasteiger partial charge in [0.05, 0.1) is 12.2 Å². The third-order valence-corrected chi connectivity index (χ3v) is 4.58. The molecule has 2 aromatic rings. The Kier molecular flexibility index (Phi) is 3.73. The standard InChI is InChI=1S/C18H24N2O2/c1-10-6-11(2)15-7-16(19-17(15)14(10)5)18(21)20-8-12(3)22-13(4)9-20/h6-7,12-13,19H,8-9H2,1-5H3/t12-,13-/m1/s1. The smallest absolute Gasteiger partial charge is 0.270 e. The van der Waals surface area contributed by atoms with Gasteiger partial charge in [0.1, 0.15) is 5.69 Å². The predicted octanol–water partition coefficient (Wildman–Crippen LogP) is 3.34. The number of rotatable bonds is 1. The first-order valence-corrected chi connectivity index (χ1v) is 7.91. The number of hydrogen-bond donors (Lipinski definition) is 1. The molecule has 4 nitrogen and oxygen atoms in total. The van der Waals surface area contributed by atoms with Gasteiger partial charge in [0.15, 0.2) is 0 Å². The topological polar surface area (TPSA) is 45.3 Å². The van der Waals surface area contributed by atoms with Crippen LogP contribution < -0.4 is 0 Å². The highest BCUT2D eigenvalue weighted by Crippen LogP contribution is 2.26. The van der Waals surface area contributed by atoms with Crippen molar-refractivity contribution in [3.05, 3.63) is 34.5 Å². The summed E-state index contributed by atoms with van der Waals surface area (Å²) in [5, 5.41) is 1.14. The van der Waals surface area contributed by atoms with Crippen molar-refractivity contribution in [3.8, 4) is 0 Å². The Morgan fingerprint density at radius 3 is 2.41 bits per heavy atom. The van der Waals surface area contributed by atoms with Gasteiger partial charge in [-0.05, 0) is 57.4 Å². The van der Waals surface area contributed by atoms with Crippen LogP contribution in [0.25, 0.3) is 10.9 Å². The molecule has 3 rings (SSSR count). The summed E-state index contributed by atoms with van der Waals surface area (Å²) in [6.45, 7) is 11.6. The Hall–Kier alpha value is -1.81. The van der Waals surface area contributed by atoms with E-state index in [-0.39, 0.29) is 18.1 Å². The molecule has 0 unspecified atom stereocenters. The van der Waals surface area contributed by atoms with E-state index in [0.717, 1.165) is 10.9 Å². The van der Waals surface area contributed by atoms with Crippen LogP contribution in [-0.2, 0) is 4.74 Å². The molecule has 0 bridgehead atoms. The Balaban J connectivity index is 1.98. The minimum Gasteiger partial charge on any atom is -0.372 e. The maximum Gasteiger partial charge on any atom is 0.270 e. The quantitative estimate of drug-likeness (QED) is 0.878. The SMILES string of the molecule is Cc1cc(C)c2cc(C(=O)N3C[C@@H](C)O[C@H](C)C3)[nH]c2c1C. The lowest BCUT2D eigenvalue weighted by molar-refractivity contribution is -0.0587. The summed E-state index contributed by atoms with van der Waals surface area (Å²) >= 11 is 0. The van der Waals surface area contributed by atoms with Crippen LogP contribution in [0.15, 0.2) is 12.1 Å². The number of aromatic amines is 1. The number of fused-ring (bicyclic) bond motifs is 1. The van der Waals surface area contributed by atoms with Gasteiger partial charge >= 0.3 is 0 Å². The van der Waals surface area contributed by atoms with Gasteiger partial charge in [-0.15, -0.1) is 0 Å². The van der Waals surface area contributed by atoms with E-state index in [0.29, 0.717) is 18.8 Å². The maximum absolute atomic E-state index is 12.8. The molecule has 22 heavy (non-hydrogen) atoms. The zero-order valence-electron chi connectivity index (χ0n) is 14.0. The fourth-order valence-electron chi connectivity index (χ4n) is 3.40. The van der Waals surface area contributed by atoms with E-state index in [1.807, 2.05) is 24.8 Å². The summed E-state index contributed by atoms with van der Waals surface area (Å²) in [5.74, 6) is 0.0645. The van der Waals surface area contributed by atoms with Gasteiger partial charge in [-0.2, -0.15) is 0 Å². The number of carbonyl (C=O) groups excluding carboxylic acids is 1. The van der Waals surface area contributed by atoms with Crippen molar-refractivity contribution in [3.63, 3.8) is 0 Å². The molecule has 4 heteroatoms. The highest BCUT2D eigenvalue weighted by Gasteiger charge is 2.27. The Labute approximate surface area is 131 Å². The molecule has 1 aromatic carbocycles. The summed E-state index contributed by atoms with van der Waals surface area (Å²) in [4.78, 5) is 18.0. The zero-order valence-corrected chi connectivity index (χ0v) is 14.0. The fourth-order valence-corrected chi connectivity index (χ4v) is 3.40. The average Bonchev–Trinajstić information content (AvgIpc) is 2.89. The molecule has 1 N–H and O–H groups in total. The highest BCUT2D eigenvalue weighted by molar-refractivity contribution is 6.00. The first-order valence-electron chi connectivity index (χ1n) is 7.91. The second-order valence-electron chi connectivity index (χ2n) is 6.57. The largest absolute Gasteiger partial charge is 0.372 e. The number of aryl methyl sites for hydroxylation is 3. The molecule has 118 valence electrons. The van der Waals surface area contributed by atoms with Crippen LogP contribution in [0, 0.1) is 20.8 Å². The van der Waals surface area contributed by atoms with Crippen LogP contribution in [0.5, 0.6) is 0 Å². The molecule has 1 aliphatic rings. The lowest BCUT2D eigenvalue weighted by atomic mass is 10.0. The van der Waals surface area contributed by atoms with Crippen LogP contribution in [0.1, 0.15) is 41.0 Å². The van der Waals surface area contributed by atoms with E-state index < -0.39 is 0 Å². The zero-order chi connectivity index (χ0) is 16.0. The molecule has 1 amide bonds. The second-order valence-corrected chi connectivity index (χ2v) is 6.57. The molecule has 2 heterocycles. The molecule has 1 fully saturated rings. The molecule has 1 saturated heterocycles. The van der Waals surface area contributed by atoms with Gasteiger partial charge in [0.2, 0.25) is 0 Å². The number of benzene rings is 1. The molecule has 1 aromatic heterocycles. The maximum atomic E-state index is 12.8. The average molecular weight is 300 g/mol. The van der Waals surface area contributed by atoms with E-state index >= 15 is 0 Å². The Bertz CT molecular complexity index is 722. The van der Waals surface area contributed by atoms with Crippen molar-refractivity contribution in [2.24, 2.45) is 0 Å². The third kappa shape index (κ3) is 2.52. The van der Waals surface area contributed by atoms with Gasteiger partial charge in [-0.25, -0.2) is 0 Å². The third-order valence-electron chi connectivity index (χ3n) is 4.58. The van der Waals surface area contributed by atoms with E-state index in [2.05, 4.69) is 31.8 Å². The number of H-pyrrole nitrogens is 1. The number of amides is 1. The molecule has 0 spiro atoms. The first-order chi connectivity index (χ1) is 10.4. The van der Waals surface area contributed by atoms with Gasteiger partial charge in [0.25, 0.3) is 5.91 Å². The number of aromatic nitrogens is 1. The monoisotopic (exact) mass is 300 g/mol. The summed E-state index contributed by atoms with van der Waals surface area (Å²) in [5.41, 5.74) is 5.42. The number of ether oxygens (including phenoxy) is 1. The van der Waals surface area contributed by atoms with Crippen LogP contribution >= 0.6 is 0 Å². The van der Waals surface area contributed by atoms with Crippen molar-refractivity contribution in [1.82, 2.24) is 9.88 Å². The summed E-state index contributed by atoms with van der Waals surface area (Å²) in [6, 6.07) is 4.17. The van der Waals surface area contributed by atoms with Crippen LogP contribution in [-0.4, -0.2) is 41.1 Å². The summed E-state index contributed by atoms with van der Waals surface area (Å²) < 4.78 is 5.71. The van der Waals surface area contributed by atoms with Gasteiger partial charge < -0.3 is 14.6 Å². The lowest BCUT2D eigenvalue weighted by Crippen LogP contribution is -2.48. The van der Waals surface area contributed by atoms with Crippen molar-refractivity contribution in [2.75, 3.05) is 13.1 Å². The van der Waals surface area contributed by atoms with Crippen molar-refractivity contribution < 1.29 is 9.53 Å². The lowest BCUT2D eigenvalue weighted by Gasteiger charge is -2.35.